The fourth-order valence-corrected chi connectivity index (χ4v) is 2.31. The highest BCUT2D eigenvalue weighted by Crippen LogP contribution is 2.46. The summed E-state index contributed by atoms with van der Waals surface area (Å²) >= 11 is 0. The quantitative estimate of drug-likeness (QED) is 0.859. The summed E-state index contributed by atoms with van der Waals surface area (Å²) in [6, 6.07) is -0.305. The van der Waals surface area contributed by atoms with Crippen LogP contribution in [0.1, 0.15) is 27.2 Å². The van der Waals surface area contributed by atoms with E-state index in [9.17, 15) is 18.0 Å². The van der Waals surface area contributed by atoms with E-state index in [0.29, 0.717) is 0 Å². The molecule has 19 heavy (non-hydrogen) atoms. The summed E-state index contributed by atoms with van der Waals surface area (Å²) in [6.07, 6.45) is -5.17. The van der Waals surface area contributed by atoms with Gasteiger partial charge in [0, 0.05) is 26.2 Å². The molecule has 0 aromatic carbocycles. The topological polar surface area (TPSA) is 49.8 Å². The zero-order valence-electron chi connectivity index (χ0n) is 11.5. The molecule has 2 atom stereocenters. The molecular weight excluding hydrogens is 263 g/mol. The lowest BCUT2D eigenvalue weighted by atomic mass is 9.86. The predicted molar refractivity (Wildman–Crippen MR) is 62.9 cm³/mol. The van der Waals surface area contributed by atoms with Gasteiger partial charge < -0.3 is 9.84 Å². The summed E-state index contributed by atoms with van der Waals surface area (Å²) < 4.78 is 44.4. The number of halogens is 3. The van der Waals surface area contributed by atoms with E-state index in [2.05, 4.69) is 0 Å². The van der Waals surface area contributed by atoms with Crippen LogP contribution < -0.4 is 0 Å². The molecule has 0 amide bonds. The van der Waals surface area contributed by atoms with Crippen molar-refractivity contribution in [3.05, 3.63) is 0 Å². The van der Waals surface area contributed by atoms with E-state index in [0.717, 1.165) is 0 Å². The molecule has 1 N–H and O–H groups in total. The molecule has 0 radical (unpaired) electrons. The second-order valence-corrected chi connectivity index (χ2v) is 5.59. The number of rotatable bonds is 4. The van der Waals surface area contributed by atoms with Crippen molar-refractivity contribution in [2.75, 3.05) is 20.2 Å². The van der Waals surface area contributed by atoms with Gasteiger partial charge in [-0.25, -0.2) is 0 Å². The van der Waals surface area contributed by atoms with Crippen molar-refractivity contribution >= 4 is 5.97 Å². The van der Waals surface area contributed by atoms with Crippen LogP contribution in [0.5, 0.6) is 0 Å². The number of alkyl halides is 3. The molecule has 7 heteroatoms. The number of ether oxygens (including phenoxy) is 1. The van der Waals surface area contributed by atoms with Crippen LogP contribution in [0.25, 0.3) is 0 Å². The monoisotopic (exact) mass is 283 g/mol. The second-order valence-electron chi connectivity index (χ2n) is 5.59. The lowest BCUT2D eigenvalue weighted by molar-refractivity contribution is -0.228. The molecule has 1 rings (SSSR count). The van der Waals surface area contributed by atoms with Gasteiger partial charge in [-0.05, 0) is 27.2 Å². The summed E-state index contributed by atoms with van der Waals surface area (Å²) in [7, 11) is 1.49. The normalized spacial score (nSPS) is 27.5. The number of nitrogens with zero attached hydrogens (tertiary/aromatic N) is 1. The maximum atomic E-state index is 13.0. The largest absolute Gasteiger partial charge is 0.481 e. The Morgan fingerprint density at radius 2 is 1.95 bits per heavy atom. The minimum Gasteiger partial charge on any atom is -0.481 e. The number of aliphatic carboxylic acids is 1. The Hall–Kier alpha value is -0.820. The van der Waals surface area contributed by atoms with Gasteiger partial charge in [0.25, 0.3) is 0 Å². The van der Waals surface area contributed by atoms with Crippen LogP contribution in [-0.4, -0.2) is 54.0 Å². The first-order valence-electron chi connectivity index (χ1n) is 6.07. The Bertz CT molecular complexity index is 357. The van der Waals surface area contributed by atoms with Gasteiger partial charge in [-0.3, -0.25) is 9.69 Å². The van der Waals surface area contributed by atoms with Gasteiger partial charge >= 0.3 is 12.1 Å². The van der Waals surface area contributed by atoms with E-state index < -0.39 is 36.1 Å². The molecular formula is C12H20F3NO3. The third-order valence-electron chi connectivity index (χ3n) is 4.33. The third kappa shape index (κ3) is 2.72. The molecule has 1 heterocycles. The summed E-state index contributed by atoms with van der Waals surface area (Å²) in [6.45, 7) is 4.86. The number of carboxylic acids is 1. The minimum absolute atomic E-state index is 0.0970. The van der Waals surface area contributed by atoms with Gasteiger partial charge in [0.1, 0.15) is 0 Å². The molecule has 0 spiro atoms. The van der Waals surface area contributed by atoms with Crippen molar-refractivity contribution in [3.63, 3.8) is 0 Å². The van der Waals surface area contributed by atoms with Crippen LogP contribution in [0, 0.1) is 5.41 Å². The fraction of sp³-hybridized carbons (Fsp3) is 0.917. The van der Waals surface area contributed by atoms with Gasteiger partial charge in [0.15, 0.2) is 5.41 Å². The Balaban J connectivity index is 2.96. The molecule has 1 aliphatic rings. The summed E-state index contributed by atoms with van der Waals surface area (Å²) in [5.74, 6) is -1.80. The Morgan fingerprint density at radius 3 is 2.26 bits per heavy atom. The first kappa shape index (κ1) is 16.2. The van der Waals surface area contributed by atoms with Crippen LogP contribution in [-0.2, 0) is 9.53 Å². The number of likely N-dealkylation sites (tertiary alicyclic amines) is 1. The summed E-state index contributed by atoms with van der Waals surface area (Å²) in [5, 5.41) is 8.98. The standard InChI is InChI=1S/C12H20F3NO3/c1-8(10(2,3)19-4)16-6-5-11(7-16,9(17)18)12(13,14)15/h8H,5-7H2,1-4H3,(H,17,18). The van der Waals surface area contributed by atoms with Gasteiger partial charge in [-0.2, -0.15) is 13.2 Å². The predicted octanol–water partition coefficient (Wildman–Crippen LogP) is 2.14. The lowest BCUT2D eigenvalue weighted by Crippen LogP contribution is -2.52. The molecule has 1 fully saturated rings. The molecule has 4 nitrogen and oxygen atoms in total. The Morgan fingerprint density at radius 1 is 1.42 bits per heavy atom. The van der Waals surface area contributed by atoms with Crippen molar-refractivity contribution in [1.29, 1.82) is 0 Å². The Kier molecular flexibility index (Phi) is 4.22. The molecule has 1 aliphatic heterocycles. The SMILES string of the molecule is COC(C)(C)C(C)N1CCC(C(=O)O)(C(F)(F)F)C1. The maximum absolute atomic E-state index is 13.0. The van der Waals surface area contributed by atoms with Crippen molar-refractivity contribution in [3.8, 4) is 0 Å². The van der Waals surface area contributed by atoms with Gasteiger partial charge in [0.2, 0.25) is 0 Å². The number of methoxy groups -OCH3 is 1. The molecule has 0 aliphatic carbocycles. The molecule has 1 saturated heterocycles. The fourth-order valence-electron chi connectivity index (χ4n) is 2.31. The van der Waals surface area contributed by atoms with E-state index in [1.54, 1.807) is 20.8 Å². The number of hydrogen-bond donors (Lipinski definition) is 1. The van der Waals surface area contributed by atoms with Crippen LogP contribution in [0.3, 0.4) is 0 Å². The van der Waals surface area contributed by atoms with Gasteiger partial charge in [-0.15, -0.1) is 0 Å². The van der Waals surface area contributed by atoms with Crippen molar-refractivity contribution in [1.82, 2.24) is 4.90 Å². The molecule has 0 aromatic rings. The van der Waals surface area contributed by atoms with E-state index in [-0.39, 0.29) is 12.6 Å². The van der Waals surface area contributed by atoms with E-state index in [1.807, 2.05) is 0 Å². The molecule has 0 bridgehead atoms. The average Bonchev–Trinajstić information content (AvgIpc) is 2.73. The first-order chi connectivity index (χ1) is 8.48. The molecule has 0 aromatic heterocycles. The Labute approximate surface area is 110 Å². The number of carbonyl (C=O) groups is 1. The molecule has 2 unspecified atom stereocenters. The molecule has 0 saturated carbocycles. The van der Waals surface area contributed by atoms with Crippen molar-refractivity contribution in [2.45, 2.75) is 45.0 Å². The third-order valence-corrected chi connectivity index (χ3v) is 4.33. The maximum Gasteiger partial charge on any atom is 0.406 e. The van der Waals surface area contributed by atoms with E-state index in [1.165, 1.54) is 12.0 Å². The molecule has 112 valence electrons. The lowest BCUT2D eigenvalue weighted by Gasteiger charge is -2.38. The average molecular weight is 283 g/mol. The number of carboxylic acid groups (broad SMARTS) is 1. The minimum atomic E-state index is -4.75. The van der Waals surface area contributed by atoms with Crippen LogP contribution in [0.2, 0.25) is 0 Å². The second kappa shape index (κ2) is 4.94. The summed E-state index contributed by atoms with van der Waals surface area (Å²) in [5.41, 5.74) is -3.30. The van der Waals surface area contributed by atoms with E-state index >= 15 is 0 Å². The van der Waals surface area contributed by atoms with E-state index in [4.69, 9.17) is 9.84 Å². The smallest absolute Gasteiger partial charge is 0.406 e. The van der Waals surface area contributed by atoms with Crippen LogP contribution in [0.4, 0.5) is 13.2 Å². The zero-order valence-corrected chi connectivity index (χ0v) is 11.5. The number of hydrogen-bond acceptors (Lipinski definition) is 3. The van der Waals surface area contributed by atoms with Crippen molar-refractivity contribution in [2.24, 2.45) is 5.41 Å². The van der Waals surface area contributed by atoms with Crippen LogP contribution >= 0.6 is 0 Å². The summed E-state index contributed by atoms with van der Waals surface area (Å²) in [4.78, 5) is 12.6. The van der Waals surface area contributed by atoms with Crippen molar-refractivity contribution < 1.29 is 27.8 Å². The highest BCUT2D eigenvalue weighted by molar-refractivity contribution is 5.76. The van der Waals surface area contributed by atoms with Gasteiger partial charge in [0.05, 0.1) is 5.60 Å². The van der Waals surface area contributed by atoms with Crippen LogP contribution in [0.15, 0.2) is 0 Å². The highest BCUT2D eigenvalue weighted by atomic mass is 19.4. The van der Waals surface area contributed by atoms with Gasteiger partial charge in [-0.1, -0.05) is 0 Å². The highest BCUT2D eigenvalue weighted by Gasteiger charge is 2.64. The first-order valence-corrected chi connectivity index (χ1v) is 6.07. The zero-order chi connectivity index (χ0) is 15.1.